The van der Waals surface area contributed by atoms with Crippen molar-refractivity contribution < 1.29 is 21.2 Å². The van der Waals surface area contributed by atoms with E-state index in [1.807, 2.05) is 6.92 Å². The Balaban J connectivity index is 3.77. The average Bonchev–Trinajstić information content (AvgIpc) is 2.01. The molecule has 1 atom stereocenters. The van der Waals surface area contributed by atoms with Crippen LogP contribution in [0, 0.1) is 5.92 Å². The van der Waals surface area contributed by atoms with Crippen molar-refractivity contribution in [2.24, 2.45) is 5.92 Å². The predicted molar refractivity (Wildman–Crippen MR) is 50.8 cm³/mol. The molecule has 0 amide bonds. The van der Waals surface area contributed by atoms with Crippen LogP contribution in [0.3, 0.4) is 0 Å². The van der Waals surface area contributed by atoms with E-state index in [0.29, 0.717) is 6.42 Å². The molecule has 2 nitrogen and oxygen atoms in total. The van der Waals surface area contributed by atoms with Gasteiger partial charge in [0.1, 0.15) is 0 Å². The molecule has 0 fully saturated rings. The van der Waals surface area contributed by atoms with Gasteiger partial charge in [-0.05, 0) is 6.42 Å². The molecule has 0 heterocycles. The zero-order chi connectivity index (χ0) is 11.2. The minimum Gasteiger partial charge on any atom is -0.465 e. The zero-order valence-electron chi connectivity index (χ0n) is 8.26. The van der Waals surface area contributed by atoms with E-state index in [-0.39, 0.29) is 6.61 Å². The maximum absolute atomic E-state index is 11.9. The maximum atomic E-state index is 11.9. The predicted octanol–water partition coefficient (Wildman–Crippen LogP) is 3.42. The van der Waals surface area contributed by atoms with Crippen LogP contribution < -0.4 is 0 Å². The van der Waals surface area contributed by atoms with E-state index in [9.17, 15) is 16.5 Å². The summed E-state index contributed by atoms with van der Waals surface area (Å²) in [6.07, 6.45) is 1.55. The standard InChI is InChI=1S/C8H15F3O2S/c1-3-4-5-13-8(12)7(2)6-14(9,10)11/h7H,3-6H2,1-2H3. The molecule has 0 aliphatic heterocycles. The molecule has 0 aliphatic rings. The highest BCUT2D eigenvalue weighted by Crippen LogP contribution is 2.54. The van der Waals surface area contributed by atoms with Gasteiger partial charge in [0, 0.05) is 0 Å². The molecular formula is C8H15F3O2S. The van der Waals surface area contributed by atoms with Gasteiger partial charge in [-0.1, -0.05) is 20.3 Å². The quantitative estimate of drug-likeness (QED) is 0.518. The molecule has 0 aromatic carbocycles. The molecule has 6 heteroatoms. The van der Waals surface area contributed by atoms with Gasteiger partial charge in [0.05, 0.1) is 18.3 Å². The lowest BCUT2D eigenvalue weighted by Gasteiger charge is -2.15. The fraction of sp³-hybridized carbons (Fsp3) is 0.875. The molecule has 14 heavy (non-hydrogen) atoms. The van der Waals surface area contributed by atoms with Crippen LogP contribution in [0.1, 0.15) is 26.7 Å². The number of halogens is 3. The Morgan fingerprint density at radius 2 is 2.00 bits per heavy atom. The third-order valence-corrected chi connectivity index (χ3v) is 2.46. The highest BCUT2D eigenvalue weighted by molar-refractivity contribution is 8.20. The average molecular weight is 232 g/mol. The van der Waals surface area contributed by atoms with Crippen molar-refractivity contribution in [1.29, 1.82) is 0 Å². The van der Waals surface area contributed by atoms with Crippen molar-refractivity contribution in [3.05, 3.63) is 0 Å². The minimum absolute atomic E-state index is 0.215. The van der Waals surface area contributed by atoms with Crippen molar-refractivity contribution >= 4 is 17.2 Å². The lowest BCUT2D eigenvalue weighted by Crippen LogP contribution is -2.19. The van der Waals surface area contributed by atoms with Gasteiger partial charge in [-0.15, -0.1) is 11.7 Å². The molecular weight excluding hydrogens is 217 g/mol. The summed E-state index contributed by atoms with van der Waals surface area (Å²) in [5.41, 5.74) is 0. The largest absolute Gasteiger partial charge is 0.465 e. The Kier molecular flexibility index (Phi) is 5.99. The Morgan fingerprint density at radius 1 is 1.43 bits per heavy atom. The number of ether oxygens (including phenoxy) is 1. The van der Waals surface area contributed by atoms with Gasteiger partial charge in [-0.3, -0.25) is 4.79 Å². The third-order valence-electron chi connectivity index (χ3n) is 1.58. The van der Waals surface area contributed by atoms with Crippen molar-refractivity contribution in [2.75, 3.05) is 12.4 Å². The number of hydrogen-bond donors (Lipinski definition) is 0. The number of hydrogen-bond acceptors (Lipinski definition) is 2. The number of carbonyl (C=O) groups is 1. The van der Waals surface area contributed by atoms with Gasteiger partial charge in [-0.2, -0.15) is 0 Å². The summed E-state index contributed by atoms with van der Waals surface area (Å²) in [7, 11) is 0. The van der Waals surface area contributed by atoms with Crippen LogP contribution in [0.5, 0.6) is 0 Å². The summed E-state index contributed by atoms with van der Waals surface area (Å²) in [4.78, 5) is 11.0. The molecule has 86 valence electrons. The minimum atomic E-state index is -5.10. The lowest BCUT2D eigenvalue weighted by molar-refractivity contribution is -0.147. The summed E-state index contributed by atoms with van der Waals surface area (Å²) in [6, 6.07) is 0. The highest BCUT2D eigenvalue weighted by Gasteiger charge is 2.28. The first-order valence-electron chi connectivity index (χ1n) is 4.43. The van der Waals surface area contributed by atoms with Crippen LogP contribution in [0.4, 0.5) is 11.7 Å². The summed E-state index contributed by atoms with van der Waals surface area (Å²) in [5.74, 6) is -2.84. The summed E-state index contributed by atoms with van der Waals surface area (Å²) < 4.78 is 40.5. The molecule has 1 unspecified atom stereocenters. The maximum Gasteiger partial charge on any atom is 0.309 e. The van der Waals surface area contributed by atoms with E-state index in [1.54, 1.807) is 0 Å². The van der Waals surface area contributed by atoms with Crippen LogP contribution in [0.2, 0.25) is 0 Å². The molecule has 0 spiro atoms. The normalized spacial score (nSPS) is 14.9. The first-order valence-corrected chi connectivity index (χ1v) is 5.93. The molecule has 0 radical (unpaired) electrons. The van der Waals surface area contributed by atoms with Crippen LogP contribution in [0.25, 0.3) is 0 Å². The van der Waals surface area contributed by atoms with Crippen LogP contribution in [0.15, 0.2) is 0 Å². The van der Waals surface area contributed by atoms with E-state index in [0.717, 1.165) is 6.42 Å². The molecule has 0 bridgehead atoms. The smallest absolute Gasteiger partial charge is 0.309 e. The van der Waals surface area contributed by atoms with E-state index in [4.69, 9.17) is 0 Å². The summed E-state index contributed by atoms with van der Waals surface area (Å²) in [6.45, 7) is 3.37. The van der Waals surface area contributed by atoms with Gasteiger partial charge >= 0.3 is 5.97 Å². The van der Waals surface area contributed by atoms with Crippen LogP contribution in [-0.4, -0.2) is 18.3 Å². The van der Waals surface area contributed by atoms with Crippen LogP contribution in [-0.2, 0) is 9.53 Å². The Hall–Kier alpha value is -0.390. The Bertz CT molecular complexity index is 182. The second-order valence-corrected chi connectivity index (χ2v) is 4.43. The summed E-state index contributed by atoms with van der Waals surface area (Å²) in [5, 5.41) is 0. The zero-order valence-corrected chi connectivity index (χ0v) is 9.08. The number of esters is 1. The fourth-order valence-electron chi connectivity index (χ4n) is 0.811. The first-order chi connectivity index (χ1) is 6.37. The molecule has 0 aromatic rings. The van der Waals surface area contributed by atoms with Crippen molar-refractivity contribution in [3.63, 3.8) is 0 Å². The monoisotopic (exact) mass is 232 g/mol. The third kappa shape index (κ3) is 7.06. The highest BCUT2D eigenvalue weighted by atomic mass is 32.3. The molecule has 0 saturated heterocycles. The van der Waals surface area contributed by atoms with Crippen LogP contribution >= 0.6 is 11.2 Å². The lowest BCUT2D eigenvalue weighted by atomic mass is 10.2. The molecule has 0 aromatic heterocycles. The number of rotatable bonds is 6. The molecule has 0 rings (SSSR count). The van der Waals surface area contributed by atoms with E-state index < -0.39 is 28.8 Å². The topological polar surface area (TPSA) is 26.3 Å². The van der Waals surface area contributed by atoms with E-state index in [1.165, 1.54) is 6.92 Å². The van der Waals surface area contributed by atoms with Crippen molar-refractivity contribution in [2.45, 2.75) is 26.7 Å². The van der Waals surface area contributed by atoms with Gasteiger partial charge in [0.15, 0.2) is 0 Å². The number of carbonyl (C=O) groups excluding carboxylic acids is 1. The van der Waals surface area contributed by atoms with Gasteiger partial charge in [0.2, 0.25) is 11.2 Å². The van der Waals surface area contributed by atoms with E-state index in [2.05, 4.69) is 4.74 Å². The summed E-state index contributed by atoms with van der Waals surface area (Å²) >= 11 is -5.10. The fourth-order valence-corrected chi connectivity index (χ4v) is 1.51. The van der Waals surface area contributed by atoms with Gasteiger partial charge in [-0.25, -0.2) is 0 Å². The Morgan fingerprint density at radius 3 is 2.43 bits per heavy atom. The second kappa shape index (κ2) is 6.16. The molecule has 0 N–H and O–H groups in total. The van der Waals surface area contributed by atoms with Crippen molar-refractivity contribution in [3.8, 4) is 0 Å². The molecule has 0 saturated carbocycles. The second-order valence-electron chi connectivity index (χ2n) is 3.09. The first kappa shape index (κ1) is 13.6. The Labute approximate surface area is 84.0 Å². The number of unbranched alkanes of at least 4 members (excludes halogenated alkanes) is 1. The van der Waals surface area contributed by atoms with Crippen molar-refractivity contribution in [1.82, 2.24) is 0 Å². The van der Waals surface area contributed by atoms with Gasteiger partial charge in [0.25, 0.3) is 0 Å². The SMILES string of the molecule is CCCCOC(=O)C(C)CS(F)(F)F. The van der Waals surface area contributed by atoms with E-state index >= 15 is 0 Å². The molecule has 0 aliphatic carbocycles. The van der Waals surface area contributed by atoms with Gasteiger partial charge < -0.3 is 4.74 Å².